The maximum atomic E-state index is 12.2. The number of nitrogens with zero attached hydrogens (tertiary/aromatic N) is 3. The Hall–Kier alpha value is -2.93. The van der Waals surface area contributed by atoms with E-state index >= 15 is 0 Å². The van der Waals surface area contributed by atoms with Gasteiger partial charge in [0, 0.05) is 23.3 Å². The van der Waals surface area contributed by atoms with Gasteiger partial charge in [0.05, 0.1) is 5.69 Å². The first-order valence-electron chi connectivity index (χ1n) is 8.81. The lowest BCUT2D eigenvalue weighted by atomic mass is 10.1. The lowest BCUT2D eigenvalue weighted by molar-refractivity contribution is -0.116. The molecule has 138 valence electrons. The number of hydrogen-bond donors (Lipinski definition) is 1. The van der Waals surface area contributed by atoms with Gasteiger partial charge in [-0.25, -0.2) is 4.98 Å². The van der Waals surface area contributed by atoms with Crippen molar-refractivity contribution in [3.63, 3.8) is 0 Å². The first-order chi connectivity index (χ1) is 13.0. The van der Waals surface area contributed by atoms with Crippen LogP contribution in [0.25, 0.3) is 27.6 Å². The fourth-order valence-electron chi connectivity index (χ4n) is 2.88. The summed E-state index contributed by atoms with van der Waals surface area (Å²) in [5.74, 6) is 1.61. The van der Waals surface area contributed by atoms with E-state index in [1.807, 2.05) is 62.5 Å². The third-order valence-corrected chi connectivity index (χ3v) is 4.86. The summed E-state index contributed by atoms with van der Waals surface area (Å²) in [5.41, 5.74) is 2.40. The van der Waals surface area contributed by atoms with Gasteiger partial charge in [0.2, 0.25) is 11.0 Å². The van der Waals surface area contributed by atoms with Crippen LogP contribution in [0.5, 0.6) is 0 Å². The molecule has 0 aliphatic rings. The third kappa shape index (κ3) is 3.64. The van der Waals surface area contributed by atoms with Crippen LogP contribution in [0.4, 0.5) is 5.82 Å². The van der Waals surface area contributed by atoms with Crippen LogP contribution in [0, 0.1) is 12.8 Å². The minimum atomic E-state index is -0.0276. The van der Waals surface area contributed by atoms with Crippen molar-refractivity contribution in [2.45, 2.75) is 27.2 Å². The van der Waals surface area contributed by atoms with E-state index < -0.39 is 0 Å². The number of carbonyl (C=O) groups is 1. The average Bonchev–Trinajstić information content (AvgIpc) is 3.31. The summed E-state index contributed by atoms with van der Waals surface area (Å²) < 4.78 is 7.56. The van der Waals surface area contributed by atoms with Crippen LogP contribution in [0.1, 0.15) is 26.0 Å². The molecule has 7 heteroatoms. The first kappa shape index (κ1) is 17.5. The maximum absolute atomic E-state index is 12.2. The molecule has 0 spiro atoms. The number of hydrogen-bond acceptors (Lipinski definition) is 5. The fourth-order valence-corrected chi connectivity index (χ4v) is 3.66. The zero-order chi connectivity index (χ0) is 19.0. The van der Waals surface area contributed by atoms with Gasteiger partial charge in [-0.15, -0.1) is 11.3 Å². The Labute approximate surface area is 160 Å². The number of benzene rings is 1. The van der Waals surface area contributed by atoms with Gasteiger partial charge < -0.3 is 9.73 Å². The smallest absolute Gasteiger partial charge is 0.225 e. The highest BCUT2D eigenvalue weighted by molar-refractivity contribution is 7.12. The number of aryl methyl sites for hydroxylation is 1. The molecule has 0 saturated carbocycles. The van der Waals surface area contributed by atoms with Crippen molar-refractivity contribution in [2.75, 3.05) is 5.32 Å². The SMILES string of the molecule is Cc1cc(NC(=O)CC(C)C)n(-c2nc(-c3cc4ccccc4o3)cs2)n1. The van der Waals surface area contributed by atoms with Crippen molar-refractivity contribution in [3.05, 3.63) is 47.5 Å². The Kier molecular flexibility index (Phi) is 4.53. The van der Waals surface area contributed by atoms with Gasteiger partial charge in [-0.1, -0.05) is 32.0 Å². The quantitative estimate of drug-likeness (QED) is 0.527. The van der Waals surface area contributed by atoms with Gasteiger partial charge in [0.1, 0.15) is 17.1 Å². The van der Waals surface area contributed by atoms with E-state index in [9.17, 15) is 4.79 Å². The van der Waals surface area contributed by atoms with Gasteiger partial charge in [-0.3, -0.25) is 4.79 Å². The second-order valence-electron chi connectivity index (χ2n) is 6.89. The summed E-state index contributed by atoms with van der Waals surface area (Å²) in [4.78, 5) is 16.8. The fraction of sp³-hybridized carbons (Fsp3) is 0.250. The number of fused-ring (bicyclic) bond motifs is 1. The lowest BCUT2D eigenvalue weighted by Gasteiger charge is -2.07. The van der Waals surface area contributed by atoms with E-state index in [4.69, 9.17) is 4.42 Å². The van der Waals surface area contributed by atoms with Crippen LogP contribution in [0.15, 0.2) is 46.2 Å². The van der Waals surface area contributed by atoms with Gasteiger partial charge in [-0.05, 0) is 25.0 Å². The zero-order valence-corrected chi connectivity index (χ0v) is 16.2. The molecule has 0 saturated heterocycles. The molecular weight excluding hydrogens is 360 g/mol. The van der Waals surface area contributed by atoms with Gasteiger partial charge >= 0.3 is 0 Å². The molecule has 27 heavy (non-hydrogen) atoms. The largest absolute Gasteiger partial charge is 0.454 e. The summed E-state index contributed by atoms with van der Waals surface area (Å²) >= 11 is 1.45. The molecule has 0 bridgehead atoms. The Morgan fingerprint density at radius 3 is 2.89 bits per heavy atom. The van der Waals surface area contributed by atoms with Crippen LogP contribution >= 0.6 is 11.3 Å². The molecule has 0 unspecified atom stereocenters. The Bertz CT molecular complexity index is 1070. The topological polar surface area (TPSA) is 73.0 Å². The van der Waals surface area contributed by atoms with Crippen LogP contribution in [0.3, 0.4) is 0 Å². The highest BCUT2D eigenvalue weighted by Crippen LogP contribution is 2.30. The number of carbonyl (C=O) groups excluding carboxylic acids is 1. The van der Waals surface area contributed by atoms with Crippen molar-refractivity contribution in [2.24, 2.45) is 5.92 Å². The average molecular weight is 380 g/mol. The molecule has 6 nitrogen and oxygen atoms in total. The van der Waals surface area contributed by atoms with Crippen LogP contribution in [0.2, 0.25) is 0 Å². The van der Waals surface area contributed by atoms with Gasteiger partial charge in [0.25, 0.3) is 0 Å². The number of furan rings is 1. The zero-order valence-electron chi connectivity index (χ0n) is 15.4. The molecule has 1 amide bonds. The van der Waals surface area contributed by atoms with Crippen LogP contribution in [-0.2, 0) is 4.79 Å². The molecule has 4 rings (SSSR count). The molecule has 3 heterocycles. The van der Waals surface area contributed by atoms with Crippen molar-refractivity contribution in [1.29, 1.82) is 0 Å². The predicted molar refractivity (Wildman–Crippen MR) is 107 cm³/mol. The van der Waals surface area contributed by atoms with Crippen LogP contribution in [-0.4, -0.2) is 20.7 Å². The van der Waals surface area contributed by atoms with Crippen LogP contribution < -0.4 is 5.32 Å². The summed E-state index contributed by atoms with van der Waals surface area (Å²) in [6, 6.07) is 11.7. The van der Waals surface area contributed by atoms with Gasteiger partial charge in [0.15, 0.2) is 5.76 Å². The molecule has 4 aromatic rings. The van der Waals surface area contributed by atoms with E-state index in [0.717, 1.165) is 22.4 Å². The highest BCUT2D eigenvalue weighted by atomic mass is 32.1. The monoisotopic (exact) mass is 380 g/mol. The summed E-state index contributed by atoms with van der Waals surface area (Å²) in [7, 11) is 0. The number of para-hydroxylation sites is 1. The second kappa shape index (κ2) is 7.00. The molecule has 0 radical (unpaired) electrons. The Balaban J connectivity index is 1.64. The molecular formula is C20H20N4O2S. The van der Waals surface area contributed by atoms with E-state index in [1.54, 1.807) is 4.68 Å². The molecule has 3 aromatic heterocycles. The van der Waals surface area contributed by atoms with Crippen molar-refractivity contribution in [1.82, 2.24) is 14.8 Å². The van der Waals surface area contributed by atoms with Gasteiger partial charge in [-0.2, -0.15) is 9.78 Å². The lowest BCUT2D eigenvalue weighted by Crippen LogP contribution is -2.16. The van der Waals surface area contributed by atoms with Crippen molar-refractivity contribution < 1.29 is 9.21 Å². The summed E-state index contributed by atoms with van der Waals surface area (Å²) in [5, 5.41) is 11.1. The summed E-state index contributed by atoms with van der Waals surface area (Å²) in [6.07, 6.45) is 0.465. The number of aromatic nitrogens is 3. The molecule has 0 aliphatic heterocycles. The molecule has 0 fully saturated rings. The van der Waals surface area contributed by atoms with E-state index in [-0.39, 0.29) is 5.91 Å². The minimum Gasteiger partial charge on any atom is -0.454 e. The first-order valence-corrected chi connectivity index (χ1v) is 9.69. The molecule has 0 atom stereocenters. The predicted octanol–water partition coefficient (Wildman–Crippen LogP) is 5.04. The number of anilines is 1. The van der Waals surface area contributed by atoms with E-state index in [1.165, 1.54) is 11.3 Å². The molecule has 0 aliphatic carbocycles. The number of thiazole rings is 1. The number of nitrogens with one attached hydrogen (secondary N) is 1. The molecule has 1 N–H and O–H groups in total. The standard InChI is InChI=1S/C20H20N4O2S/c1-12(2)8-19(25)22-18-9-13(3)23-24(18)20-21-15(11-27-20)17-10-14-6-4-5-7-16(14)26-17/h4-7,9-12H,8H2,1-3H3,(H,22,25). The summed E-state index contributed by atoms with van der Waals surface area (Å²) in [6.45, 7) is 5.92. The van der Waals surface area contributed by atoms with Crippen molar-refractivity contribution >= 4 is 34.0 Å². The Morgan fingerprint density at radius 1 is 1.30 bits per heavy atom. The van der Waals surface area contributed by atoms with Crippen molar-refractivity contribution in [3.8, 4) is 16.6 Å². The third-order valence-electron chi connectivity index (χ3n) is 4.04. The van der Waals surface area contributed by atoms with E-state index in [2.05, 4.69) is 15.4 Å². The highest BCUT2D eigenvalue weighted by Gasteiger charge is 2.16. The number of amides is 1. The Morgan fingerprint density at radius 2 is 2.11 bits per heavy atom. The van der Waals surface area contributed by atoms with E-state index in [0.29, 0.717) is 29.0 Å². The minimum absolute atomic E-state index is 0.0276. The number of rotatable bonds is 5. The normalized spacial score (nSPS) is 11.4. The second-order valence-corrected chi connectivity index (χ2v) is 7.73. The maximum Gasteiger partial charge on any atom is 0.225 e. The molecule has 1 aromatic carbocycles.